The van der Waals surface area contributed by atoms with Crippen LogP contribution in [0.4, 0.5) is 0 Å². The monoisotopic (exact) mass is 279 g/mol. The van der Waals surface area contributed by atoms with Crippen LogP contribution in [-0.2, 0) is 0 Å². The molecule has 0 radical (unpaired) electrons. The smallest absolute Gasteiger partial charge is 0.131 e. The molecule has 0 aromatic heterocycles. The zero-order valence-electron chi connectivity index (χ0n) is 13.2. The highest BCUT2D eigenvalue weighted by molar-refractivity contribution is 5.53. The molecule has 2 rings (SSSR count). The van der Waals surface area contributed by atoms with Crippen LogP contribution in [0, 0.1) is 11.3 Å². The molecule has 4 nitrogen and oxygen atoms in total. The number of methoxy groups -OCH3 is 3. The number of rotatable bonds is 6. The van der Waals surface area contributed by atoms with Gasteiger partial charge in [0.05, 0.1) is 26.9 Å². The summed E-state index contributed by atoms with van der Waals surface area (Å²) in [7, 11) is 7.00. The number of ether oxygens (including phenoxy) is 3. The van der Waals surface area contributed by atoms with Crippen LogP contribution in [0.25, 0.3) is 0 Å². The number of hydrogen-bond donors (Lipinski definition) is 1. The molecule has 1 aromatic carbocycles. The van der Waals surface area contributed by atoms with Crippen LogP contribution in [0.5, 0.6) is 17.2 Å². The highest BCUT2D eigenvalue weighted by atomic mass is 16.5. The first-order valence-corrected chi connectivity index (χ1v) is 6.95. The minimum absolute atomic E-state index is 0.223. The van der Waals surface area contributed by atoms with Crippen LogP contribution >= 0.6 is 0 Å². The predicted octanol–water partition coefficient (Wildman–Crippen LogP) is 3.02. The summed E-state index contributed by atoms with van der Waals surface area (Å²) in [4.78, 5) is 0. The average molecular weight is 279 g/mol. The maximum Gasteiger partial charge on any atom is 0.131 e. The fourth-order valence-electron chi connectivity index (χ4n) is 2.96. The Kier molecular flexibility index (Phi) is 4.14. The Bertz CT molecular complexity index is 460. The molecule has 1 aromatic rings. The van der Waals surface area contributed by atoms with Crippen molar-refractivity contribution in [1.29, 1.82) is 0 Å². The zero-order valence-corrected chi connectivity index (χ0v) is 13.2. The van der Waals surface area contributed by atoms with Crippen molar-refractivity contribution < 1.29 is 14.2 Å². The minimum Gasteiger partial charge on any atom is -0.496 e. The van der Waals surface area contributed by atoms with Gasteiger partial charge in [-0.15, -0.1) is 0 Å². The van der Waals surface area contributed by atoms with E-state index in [0.29, 0.717) is 11.3 Å². The van der Waals surface area contributed by atoms with Gasteiger partial charge in [0, 0.05) is 18.2 Å². The van der Waals surface area contributed by atoms with Gasteiger partial charge in [-0.25, -0.2) is 0 Å². The minimum atomic E-state index is 0.223. The summed E-state index contributed by atoms with van der Waals surface area (Å²) in [5, 5.41) is 3.42. The second kappa shape index (κ2) is 5.52. The number of benzene rings is 1. The Labute approximate surface area is 121 Å². The van der Waals surface area contributed by atoms with Gasteiger partial charge in [0.15, 0.2) is 0 Å². The molecule has 20 heavy (non-hydrogen) atoms. The lowest BCUT2D eigenvalue weighted by Gasteiger charge is -2.24. The first kappa shape index (κ1) is 15.0. The molecule has 0 saturated heterocycles. The van der Waals surface area contributed by atoms with Crippen molar-refractivity contribution in [3.05, 3.63) is 17.7 Å². The lowest BCUT2D eigenvalue weighted by atomic mass is 9.95. The van der Waals surface area contributed by atoms with Crippen LogP contribution in [0.15, 0.2) is 12.1 Å². The topological polar surface area (TPSA) is 39.7 Å². The SMILES string of the molecule is CNC(c1c(OC)cc(OC)cc1OC)C1CC1(C)C. The highest BCUT2D eigenvalue weighted by Gasteiger charge is 2.51. The molecule has 0 heterocycles. The van der Waals surface area contributed by atoms with E-state index in [4.69, 9.17) is 14.2 Å². The van der Waals surface area contributed by atoms with E-state index in [2.05, 4.69) is 19.2 Å². The summed E-state index contributed by atoms with van der Waals surface area (Å²) < 4.78 is 16.4. The molecular formula is C16H25NO3. The molecule has 1 fully saturated rings. The predicted molar refractivity (Wildman–Crippen MR) is 79.8 cm³/mol. The van der Waals surface area contributed by atoms with Gasteiger partial charge in [-0.1, -0.05) is 13.8 Å². The van der Waals surface area contributed by atoms with Crippen molar-refractivity contribution in [1.82, 2.24) is 5.32 Å². The molecule has 2 unspecified atom stereocenters. The van der Waals surface area contributed by atoms with Crippen LogP contribution in [-0.4, -0.2) is 28.4 Å². The number of hydrogen-bond acceptors (Lipinski definition) is 4. The first-order chi connectivity index (χ1) is 9.48. The lowest BCUT2D eigenvalue weighted by Crippen LogP contribution is -2.22. The summed E-state index contributed by atoms with van der Waals surface area (Å²) in [6.45, 7) is 4.59. The van der Waals surface area contributed by atoms with Gasteiger partial charge in [-0.2, -0.15) is 0 Å². The van der Waals surface area contributed by atoms with Gasteiger partial charge in [-0.3, -0.25) is 0 Å². The molecule has 0 spiro atoms. The standard InChI is InChI=1S/C16H25NO3/c1-16(2)9-11(16)15(17-3)14-12(19-5)7-10(18-4)8-13(14)20-6/h7-8,11,15,17H,9H2,1-6H3. The Balaban J connectivity index is 2.47. The van der Waals surface area contributed by atoms with Gasteiger partial charge in [0.25, 0.3) is 0 Å². The third kappa shape index (κ3) is 2.57. The van der Waals surface area contributed by atoms with Crippen LogP contribution in [0.1, 0.15) is 31.9 Å². The van der Waals surface area contributed by atoms with Gasteiger partial charge in [0.2, 0.25) is 0 Å². The molecule has 1 saturated carbocycles. The Hall–Kier alpha value is -1.42. The molecular weight excluding hydrogens is 254 g/mol. The molecule has 1 aliphatic carbocycles. The molecule has 4 heteroatoms. The van der Waals surface area contributed by atoms with Gasteiger partial charge < -0.3 is 19.5 Å². The van der Waals surface area contributed by atoms with Crippen LogP contribution in [0.2, 0.25) is 0 Å². The second-order valence-corrected chi connectivity index (χ2v) is 6.01. The van der Waals surface area contributed by atoms with Crippen LogP contribution in [0.3, 0.4) is 0 Å². The van der Waals surface area contributed by atoms with Gasteiger partial charge >= 0.3 is 0 Å². The van der Waals surface area contributed by atoms with Gasteiger partial charge in [0.1, 0.15) is 17.2 Å². The fourth-order valence-corrected chi connectivity index (χ4v) is 2.96. The molecule has 0 amide bonds. The van der Waals surface area contributed by atoms with E-state index in [1.807, 2.05) is 19.2 Å². The van der Waals surface area contributed by atoms with E-state index >= 15 is 0 Å². The molecule has 2 atom stereocenters. The number of nitrogens with one attached hydrogen (secondary N) is 1. The van der Waals surface area contributed by atoms with E-state index in [9.17, 15) is 0 Å². The lowest BCUT2D eigenvalue weighted by molar-refractivity contribution is 0.347. The molecule has 1 aliphatic rings. The summed E-state index contributed by atoms with van der Waals surface area (Å²) >= 11 is 0. The molecule has 0 bridgehead atoms. The van der Waals surface area contributed by atoms with E-state index in [-0.39, 0.29) is 6.04 Å². The normalized spacial score (nSPS) is 21.2. The van der Waals surface area contributed by atoms with E-state index in [0.717, 1.165) is 22.8 Å². The Morgan fingerprint density at radius 2 is 1.60 bits per heavy atom. The maximum atomic E-state index is 5.56. The Morgan fingerprint density at radius 3 is 1.90 bits per heavy atom. The quantitative estimate of drug-likeness (QED) is 0.869. The molecule has 1 N–H and O–H groups in total. The van der Waals surface area contributed by atoms with Crippen LogP contribution < -0.4 is 19.5 Å². The van der Waals surface area contributed by atoms with E-state index in [1.54, 1.807) is 21.3 Å². The molecule has 112 valence electrons. The maximum absolute atomic E-state index is 5.56. The van der Waals surface area contributed by atoms with E-state index < -0.39 is 0 Å². The largest absolute Gasteiger partial charge is 0.496 e. The summed E-state index contributed by atoms with van der Waals surface area (Å²) in [6, 6.07) is 4.05. The van der Waals surface area contributed by atoms with E-state index in [1.165, 1.54) is 6.42 Å². The van der Waals surface area contributed by atoms with Crippen molar-refractivity contribution >= 4 is 0 Å². The third-order valence-electron chi connectivity index (χ3n) is 4.37. The second-order valence-electron chi connectivity index (χ2n) is 6.01. The Morgan fingerprint density at radius 1 is 1.10 bits per heavy atom. The summed E-state index contributed by atoms with van der Waals surface area (Å²) in [5.41, 5.74) is 1.44. The first-order valence-electron chi connectivity index (χ1n) is 6.95. The summed E-state index contributed by atoms with van der Waals surface area (Å²) in [6.07, 6.45) is 1.21. The third-order valence-corrected chi connectivity index (χ3v) is 4.37. The zero-order chi connectivity index (χ0) is 14.9. The highest BCUT2D eigenvalue weighted by Crippen LogP contribution is 2.59. The van der Waals surface area contributed by atoms with Crippen molar-refractivity contribution in [2.75, 3.05) is 28.4 Å². The van der Waals surface area contributed by atoms with Crippen molar-refractivity contribution in [3.8, 4) is 17.2 Å². The van der Waals surface area contributed by atoms with Crippen molar-refractivity contribution in [3.63, 3.8) is 0 Å². The molecule has 0 aliphatic heterocycles. The van der Waals surface area contributed by atoms with Crippen molar-refractivity contribution in [2.45, 2.75) is 26.3 Å². The van der Waals surface area contributed by atoms with Crippen molar-refractivity contribution in [2.24, 2.45) is 11.3 Å². The van der Waals surface area contributed by atoms with Gasteiger partial charge in [-0.05, 0) is 24.8 Å². The summed E-state index contributed by atoms with van der Waals surface area (Å²) in [5.74, 6) is 2.95. The average Bonchev–Trinajstić information content (AvgIpc) is 3.07. The fraction of sp³-hybridized carbons (Fsp3) is 0.625.